The van der Waals surface area contributed by atoms with E-state index in [1.165, 1.54) is 32.2 Å². The van der Waals surface area contributed by atoms with E-state index in [9.17, 15) is 0 Å². The molecule has 2 aliphatic heterocycles. The number of hydrogen-bond donors (Lipinski definition) is 1. The molecule has 1 atom stereocenters. The highest BCUT2D eigenvalue weighted by Gasteiger charge is 2.28. The topological polar surface area (TPSA) is 54.2 Å². The lowest BCUT2D eigenvalue weighted by Gasteiger charge is -2.34. The Balaban J connectivity index is 1.47. The van der Waals surface area contributed by atoms with Crippen LogP contribution in [-0.2, 0) is 6.54 Å². The average Bonchev–Trinajstić information content (AvgIpc) is 3.02. The van der Waals surface area contributed by atoms with Crippen LogP contribution in [0.4, 0.5) is 0 Å². The molecule has 2 saturated heterocycles. The SMILES string of the molecule is Cc1noc(CN2CCC(C3CCCN3)CC2)n1. The van der Waals surface area contributed by atoms with E-state index in [-0.39, 0.29) is 0 Å². The summed E-state index contributed by atoms with van der Waals surface area (Å²) in [6.07, 6.45) is 5.31. The number of nitrogens with one attached hydrogen (secondary N) is 1. The van der Waals surface area contributed by atoms with Crippen molar-refractivity contribution in [2.45, 2.75) is 45.2 Å². The predicted molar refractivity (Wildman–Crippen MR) is 68.1 cm³/mol. The van der Waals surface area contributed by atoms with Crippen molar-refractivity contribution in [1.29, 1.82) is 0 Å². The van der Waals surface area contributed by atoms with Crippen LogP contribution < -0.4 is 5.32 Å². The molecule has 0 spiro atoms. The average molecular weight is 250 g/mol. The minimum atomic E-state index is 0.732. The predicted octanol–water partition coefficient (Wildman–Crippen LogP) is 1.34. The number of aryl methyl sites for hydroxylation is 1. The highest BCUT2D eigenvalue weighted by Crippen LogP contribution is 2.26. The van der Waals surface area contributed by atoms with E-state index >= 15 is 0 Å². The molecule has 0 aliphatic carbocycles. The molecule has 2 fully saturated rings. The molecule has 0 aromatic carbocycles. The highest BCUT2D eigenvalue weighted by atomic mass is 16.5. The molecular weight excluding hydrogens is 228 g/mol. The van der Waals surface area contributed by atoms with Gasteiger partial charge in [0.2, 0.25) is 5.89 Å². The summed E-state index contributed by atoms with van der Waals surface area (Å²) in [6.45, 7) is 6.21. The van der Waals surface area contributed by atoms with E-state index in [0.29, 0.717) is 0 Å². The van der Waals surface area contributed by atoms with Gasteiger partial charge in [-0.2, -0.15) is 4.98 Å². The zero-order chi connectivity index (χ0) is 12.4. The monoisotopic (exact) mass is 250 g/mol. The van der Waals surface area contributed by atoms with Crippen molar-refractivity contribution in [1.82, 2.24) is 20.4 Å². The Hall–Kier alpha value is -0.940. The smallest absolute Gasteiger partial charge is 0.240 e. The normalized spacial score (nSPS) is 26.8. The Labute approximate surface area is 108 Å². The first-order valence-corrected chi connectivity index (χ1v) is 7.06. The van der Waals surface area contributed by atoms with Gasteiger partial charge in [0.1, 0.15) is 0 Å². The van der Waals surface area contributed by atoms with E-state index in [4.69, 9.17) is 4.52 Å². The first-order valence-electron chi connectivity index (χ1n) is 7.06. The second-order valence-corrected chi connectivity index (χ2v) is 5.55. The first kappa shape index (κ1) is 12.1. The molecule has 0 radical (unpaired) electrons. The molecule has 100 valence electrons. The van der Waals surface area contributed by atoms with Crippen LogP contribution in [0.3, 0.4) is 0 Å². The minimum absolute atomic E-state index is 0.732. The van der Waals surface area contributed by atoms with Crippen molar-refractivity contribution in [3.8, 4) is 0 Å². The van der Waals surface area contributed by atoms with Gasteiger partial charge in [0.05, 0.1) is 6.54 Å². The summed E-state index contributed by atoms with van der Waals surface area (Å²) in [5, 5.41) is 7.47. The Kier molecular flexibility index (Phi) is 3.61. The van der Waals surface area contributed by atoms with Crippen molar-refractivity contribution in [3.63, 3.8) is 0 Å². The van der Waals surface area contributed by atoms with Crippen LogP contribution in [0.5, 0.6) is 0 Å². The summed E-state index contributed by atoms with van der Waals surface area (Å²) in [5.74, 6) is 2.35. The Morgan fingerprint density at radius 2 is 2.17 bits per heavy atom. The maximum Gasteiger partial charge on any atom is 0.240 e. The third-order valence-corrected chi connectivity index (χ3v) is 4.23. The van der Waals surface area contributed by atoms with Gasteiger partial charge in [0.15, 0.2) is 5.82 Å². The lowest BCUT2D eigenvalue weighted by atomic mass is 9.88. The third kappa shape index (κ3) is 2.72. The summed E-state index contributed by atoms with van der Waals surface area (Å²) in [7, 11) is 0. The summed E-state index contributed by atoms with van der Waals surface area (Å²) < 4.78 is 5.18. The number of aromatic nitrogens is 2. The molecule has 0 saturated carbocycles. The molecule has 1 aromatic heterocycles. The molecule has 3 heterocycles. The van der Waals surface area contributed by atoms with Crippen LogP contribution in [-0.4, -0.2) is 40.7 Å². The van der Waals surface area contributed by atoms with Gasteiger partial charge < -0.3 is 9.84 Å². The Morgan fingerprint density at radius 3 is 2.78 bits per heavy atom. The first-order chi connectivity index (χ1) is 8.81. The van der Waals surface area contributed by atoms with Crippen LogP contribution in [0, 0.1) is 12.8 Å². The lowest BCUT2D eigenvalue weighted by Crippen LogP contribution is -2.40. The number of rotatable bonds is 3. The molecule has 5 nitrogen and oxygen atoms in total. The van der Waals surface area contributed by atoms with E-state index in [1.807, 2.05) is 6.92 Å². The molecule has 0 bridgehead atoms. The van der Waals surface area contributed by atoms with Crippen LogP contribution in [0.15, 0.2) is 4.52 Å². The highest BCUT2D eigenvalue weighted by molar-refractivity contribution is 4.88. The van der Waals surface area contributed by atoms with E-state index in [1.54, 1.807) is 0 Å². The van der Waals surface area contributed by atoms with Crippen LogP contribution in [0.25, 0.3) is 0 Å². The van der Waals surface area contributed by atoms with Gasteiger partial charge in [0, 0.05) is 6.04 Å². The number of likely N-dealkylation sites (tertiary alicyclic amines) is 1. The molecular formula is C13H22N4O. The van der Waals surface area contributed by atoms with E-state index < -0.39 is 0 Å². The van der Waals surface area contributed by atoms with Crippen molar-refractivity contribution in [2.24, 2.45) is 5.92 Å². The maximum absolute atomic E-state index is 5.18. The molecule has 0 amide bonds. The minimum Gasteiger partial charge on any atom is -0.338 e. The number of hydrogen-bond acceptors (Lipinski definition) is 5. The largest absolute Gasteiger partial charge is 0.338 e. The van der Waals surface area contributed by atoms with Crippen LogP contribution in [0.1, 0.15) is 37.4 Å². The van der Waals surface area contributed by atoms with Crippen molar-refractivity contribution >= 4 is 0 Å². The summed E-state index contributed by atoms with van der Waals surface area (Å²) >= 11 is 0. The van der Waals surface area contributed by atoms with Gasteiger partial charge >= 0.3 is 0 Å². The molecule has 1 unspecified atom stereocenters. The summed E-state index contributed by atoms with van der Waals surface area (Å²) in [6, 6.07) is 0.776. The fourth-order valence-electron chi connectivity index (χ4n) is 3.22. The van der Waals surface area contributed by atoms with Gasteiger partial charge in [-0.15, -0.1) is 0 Å². The van der Waals surface area contributed by atoms with Crippen molar-refractivity contribution in [2.75, 3.05) is 19.6 Å². The zero-order valence-electron chi connectivity index (χ0n) is 11.1. The van der Waals surface area contributed by atoms with Crippen LogP contribution >= 0.6 is 0 Å². The fraction of sp³-hybridized carbons (Fsp3) is 0.846. The van der Waals surface area contributed by atoms with Gasteiger partial charge in [-0.1, -0.05) is 5.16 Å². The second-order valence-electron chi connectivity index (χ2n) is 5.55. The lowest BCUT2D eigenvalue weighted by molar-refractivity contribution is 0.143. The molecule has 5 heteroatoms. The second kappa shape index (κ2) is 5.36. The maximum atomic E-state index is 5.18. The fourth-order valence-corrected chi connectivity index (χ4v) is 3.22. The standard InChI is InChI=1S/C13H22N4O/c1-10-15-13(18-16-10)9-17-7-4-11(5-8-17)12-3-2-6-14-12/h11-12,14H,2-9H2,1H3. The molecule has 1 N–H and O–H groups in total. The number of piperidine rings is 1. The Bertz CT molecular complexity index is 378. The van der Waals surface area contributed by atoms with E-state index in [2.05, 4.69) is 20.4 Å². The van der Waals surface area contributed by atoms with Crippen molar-refractivity contribution < 1.29 is 4.52 Å². The summed E-state index contributed by atoms with van der Waals surface area (Å²) in [4.78, 5) is 6.70. The molecule has 1 aromatic rings. The van der Waals surface area contributed by atoms with E-state index in [0.717, 1.165) is 43.3 Å². The Morgan fingerprint density at radius 1 is 1.33 bits per heavy atom. The number of nitrogens with zero attached hydrogens (tertiary/aromatic N) is 3. The van der Waals surface area contributed by atoms with Gasteiger partial charge in [0.25, 0.3) is 0 Å². The van der Waals surface area contributed by atoms with Crippen LogP contribution in [0.2, 0.25) is 0 Å². The molecule has 2 aliphatic rings. The quantitative estimate of drug-likeness (QED) is 0.877. The molecule has 3 rings (SSSR count). The van der Waals surface area contributed by atoms with Gasteiger partial charge in [-0.3, -0.25) is 4.90 Å². The summed E-state index contributed by atoms with van der Waals surface area (Å²) in [5.41, 5.74) is 0. The van der Waals surface area contributed by atoms with Gasteiger partial charge in [-0.25, -0.2) is 0 Å². The third-order valence-electron chi connectivity index (χ3n) is 4.23. The molecule has 18 heavy (non-hydrogen) atoms. The zero-order valence-corrected chi connectivity index (χ0v) is 11.1. The van der Waals surface area contributed by atoms with Gasteiger partial charge in [-0.05, 0) is 58.2 Å². The van der Waals surface area contributed by atoms with Crippen molar-refractivity contribution in [3.05, 3.63) is 11.7 Å².